The zero-order chi connectivity index (χ0) is 13.7. The Labute approximate surface area is 116 Å². The molecule has 3 nitrogen and oxygen atoms in total. The highest BCUT2D eigenvalue weighted by atomic mass is 16.5. The van der Waals surface area contributed by atoms with Crippen LogP contribution in [0.5, 0.6) is 0 Å². The number of benzene rings is 1. The maximum atomic E-state index is 6.09. The van der Waals surface area contributed by atoms with E-state index >= 15 is 0 Å². The normalized spacial score (nSPS) is 20.4. The first-order chi connectivity index (χ1) is 9.15. The van der Waals surface area contributed by atoms with Crippen LogP contribution >= 0.6 is 0 Å². The summed E-state index contributed by atoms with van der Waals surface area (Å²) >= 11 is 0. The van der Waals surface area contributed by atoms with Crippen molar-refractivity contribution < 1.29 is 4.74 Å². The molecular formula is C16H26N2O. The minimum atomic E-state index is 0.0172. The Balaban J connectivity index is 2.07. The Morgan fingerprint density at radius 3 is 2.47 bits per heavy atom. The molecule has 1 atom stereocenters. The highest BCUT2D eigenvalue weighted by molar-refractivity contribution is 5.18. The molecule has 0 amide bonds. The van der Waals surface area contributed by atoms with Gasteiger partial charge in [0.2, 0.25) is 0 Å². The molecule has 0 aromatic heterocycles. The monoisotopic (exact) mass is 262 g/mol. The van der Waals surface area contributed by atoms with E-state index in [-0.39, 0.29) is 5.54 Å². The molecule has 3 heteroatoms. The molecule has 19 heavy (non-hydrogen) atoms. The van der Waals surface area contributed by atoms with Gasteiger partial charge < -0.3 is 10.5 Å². The first-order valence-electron chi connectivity index (χ1n) is 7.20. The Hall–Kier alpha value is -0.900. The fourth-order valence-corrected chi connectivity index (χ4v) is 2.89. The van der Waals surface area contributed by atoms with Crippen molar-refractivity contribution in [2.24, 2.45) is 5.73 Å². The second-order valence-corrected chi connectivity index (χ2v) is 5.82. The molecule has 0 aliphatic carbocycles. The molecule has 0 saturated carbocycles. The Kier molecular flexibility index (Phi) is 4.97. The zero-order valence-electron chi connectivity index (χ0n) is 12.1. The number of hydrogen-bond donors (Lipinski definition) is 1. The summed E-state index contributed by atoms with van der Waals surface area (Å²) in [5, 5.41) is 0. The van der Waals surface area contributed by atoms with E-state index in [0.717, 1.165) is 32.5 Å². The summed E-state index contributed by atoms with van der Waals surface area (Å²) < 4.78 is 5.46. The highest BCUT2D eigenvalue weighted by Gasteiger charge is 2.33. The third-order valence-corrected chi connectivity index (χ3v) is 4.46. The van der Waals surface area contributed by atoms with Gasteiger partial charge in [-0.2, -0.15) is 0 Å². The fourth-order valence-electron chi connectivity index (χ4n) is 2.89. The number of hydrogen-bond acceptors (Lipinski definition) is 3. The SMILES string of the molecule is CN(C1CCOCC1)C(C)(CN)Cc1ccccc1. The van der Waals surface area contributed by atoms with Gasteiger partial charge in [0, 0.05) is 31.3 Å². The van der Waals surface area contributed by atoms with Crippen LogP contribution in [0, 0.1) is 0 Å². The van der Waals surface area contributed by atoms with Crippen molar-refractivity contribution in [2.75, 3.05) is 26.8 Å². The van der Waals surface area contributed by atoms with Gasteiger partial charge >= 0.3 is 0 Å². The second-order valence-electron chi connectivity index (χ2n) is 5.82. The minimum absolute atomic E-state index is 0.0172. The van der Waals surface area contributed by atoms with Gasteiger partial charge in [-0.05, 0) is 38.8 Å². The van der Waals surface area contributed by atoms with Gasteiger partial charge in [0.1, 0.15) is 0 Å². The molecule has 1 aliphatic heterocycles. The molecule has 2 rings (SSSR count). The number of nitrogens with two attached hydrogens (primary N) is 1. The molecule has 0 radical (unpaired) electrons. The average molecular weight is 262 g/mol. The largest absolute Gasteiger partial charge is 0.381 e. The lowest BCUT2D eigenvalue weighted by Gasteiger charge is -2.44. The number of rotatable bonds is 5. The summed E-state index contributed by atoms with van der Waals surface area (Å²) in [4.78, 5) is 2.47. The van der Waals surface area contributed by atoms with Crippen LogP contribution in [0.15, 0.2) is 30.3 Å². The molecule has 2 N–H and O–H groups in total. The third-order valence-electron chi connectivity index (χ3n) is 4.46. The molecule has 106 valence electrons. The number of nitrogens with zero attached hydrogens (tertiary/aromatic N) is 1. The maximum absolute atomic E-state index is 6.09. The molecule has 1 unspecified atom stereocenters. The maximum Gasteiger partial charge on any atom is 0.0480 e. The second kappa shape index (κ2) is 6.51. The molecule has 1 saturated heterocycles. The molecule has 0 bridgehead atoms. The van der Waals surface area contributed by atoms with Crippen molar-refractivity contribution >= 4 is 0 Å². The molecule has 0 spiro atoms. The van der Waals surface area contributed by atoms with Crippen molar-refractivity contribution in [3.05, 3.63) is 35.9 Å². The van der Waals surface area contributed by atoms with Crippen LogP contribution in [0.4, 0.5) is 0 Å². The quantitative estimate of drug-likeness (QED) is 0.882. The van der Waals surface area contributed by atoms with Crippen molar-refractivity contribution in [3.8, 4) is 0 Å². The van der Waals surface area contributed by atoms with Crippen molar-refractivity contribution in [2.45, 2.75) is 37.8 Å². The smallest absolute Gasteiger partial charge is 0.0480 e. The molecule has 1 aliphatic rings. The van der Waals surface area contributed by atoms with Crippen molar-refractivity contribution in [1.82, 2.24) is 4.90 Å². The Morgan fingerprint density at radius 2 is 1.89 bits per heavy atom. The Bertz CT molecular complexity index is 376. The van der Waals surface area contributed by atoms with E-state index < -0.39 is 0 Å². The molecular weight excluding hydrogens is 236 g/mol. The van der Waals surface area contributed by atoms with Gasteiger partial charge in [0.05, 0.1) is 0 Å². The summed E-state index contributed by atoms with van der Waals surface area (Å²) in [6, 6.07) is 11.2. The lowest BCUT2D eigenvalue weighted by Crippen LogP contribution is -2.56. The van der Waals surface area contributed by atoms with Crippen LogP contribution < -0.4 is 5.73 Å². The average Bonchev–Trinajstić information content (AvgIpc) is 2.48. The predicted octanol–water partition coefficient (Wildman–Crippen LogP) is 2.06. The van der Waals surface area contributed by atoms with Crippen LogP contribution in [-0.4, -0.2) is 43.3 Å². The van der Waals surface area contributed by atoms with Crippen LogP contribution in [0.25, 0.3) is 0 Å². The van der Waals surface area contributed by atoms with Gasteiger partial charge in [-0.1, -0.05) is 30.3 Å². The van der Waals surface area contributed by atoms with E-state index in [2.05, 4.69) is 49.2 Å². The number of likely N-dealkylation sites (N-methyl/N-ethyl adjacent to an activating group) is 1. The van der Waals surface area contributed by atoms with Crippen LogP contribution in [-0.2, 0) is 11.2 Å². The van der Waals surface area contributed by atoms with E-state index in [1.807, 2.05) is 0 Å². The van der Waals surface area contributed by atoms with E-state index in [1.165, 1.54) is 5.56 Å². The lowest BCUT2D eigenvalue weighted by atomic mass is 9.88. The van der Waals surface area contributed by atoms with Crippen LogP contribution in [0.1, 0.15) is 25.3 Å². The minimum Gasteiger partial charge on any atom is -0.381 e. The zero-order valence-corrected chi connectivity index (χ0v) is 12.1. The van der Waals surface area contributed by atoms with E-state index in [9.17, 15) is 0 Å². The lowest BCUT2D eigenvalue weighted by molar-refractivity contribution is 0.00402. The topological polar surface area (TPSA) is 38.5 Å². The fraction of sp³-hybridized carbons (Fsp3) is 0.625. The summed E-state index contributed by atoms with van der Waals surface area (Å²) in [5.74, 6) is 0. The molecule has 1 aromatic rings. The van der Waals surface area contributed by atoms with Crippen molar-refractivity contribution in [1.29, 1.82) is 0 Å². The van der Waals surface area contributed by atoms with Gasteiger partial charge in [-0.15, -0.1) is 0 Å². The van der Waals surface area contributed by atoms with Crippen LogP contribution in [0.2, 0.25) is 0 Å². The standard InChI is InChI=1S/C16H26N2O/c1-16(13-17,12-14-6-4-3-5-7-14)18(2)15-8-10-19-11-9-15/h3-7,15H,8-13,17H2,1-2H3. The first kappa shape index (κ1) is 14.5. The van der Waals surface area contributed by atoms with Gasteiger partial charge in [0.25, 0.3) is 0 Å². The number of ether oxygens (including phenoxy) is 1. The molecule has 1 aromatic carbocycles. The van der Waals surface area contributed by atoms with Crippen LogP contribution in [0.3, 0.4) is 0 Å². The van der Waals surface area contributed by atoms with E-state index in [0.29, 0.717) is 12.6 Å². The van der Waals surface area contributed by atoms with E-state index in [4.69, 9.17) is 10.5 Å². The molecule has 1 heterocycles. The first-order valence-corrected chi connectivity index (χ1v) is 7.20. The molecule has 1 fully saturated rings. The third kappa shape index (κ3) is 3.56. The summed E-state index contributed by atoms with van der Waals surface area (Å²) in [6.07, 6.45) is 3.22. The highest BCUT2D eigenvalue weighted by Crippen LogP contribution is 2.25. The van der Waals surface area contributed by atoms with Gasteiger partial charge in [-0.3, -0.25) is 4.90 Å². The van der Waals surface area contributed by atoms with E-state index in [1.54, 1.807) is 0 Å². The van der Waals surface area contributed by atoms with Crippen molar-refractivity contribution in [3.63, 3.8) is 0 Å². The van der Waals surface area contributed by atoms with Gasteiger partial charge in [0.15, 0.2) is 0 Å². The Morgan fingerprint density at radius 1 is 1.26 bits per heavy atom. The summed E-state index contributed by atoms with van der Waals surface area (Å²) in [5.41, 5.74) is 7.46. The summed E-state index contributed by atoms with van der Waals surface area (Å²) in [6.45, 7) is 4.70. The van der Waals surface area contributed by atoms with Gasteiger partial charge in [-0.25, -0.2) is 0 Å². The summed E-state index contributed by atoms with van der Waals surface area (Å²) in [7, 11) is 2.21. The predicted molar refractivity (Wildman–Crippen MR) is 79.2 cm³/mol.